The van der Waals surface area contributed by atoms with Gasteiger partial charge in [-0.3, -0.25) is 0 Å². The average molecular weight is 648 g/mol. The lowest BCUT2D eigenvalue weighted by molar-refractivity contribution is 0.667. The summed E-state index contributed by atoms with van der Waals surface area (Å²) in [6, 6.07) is 55.8. The molecule has 3 aliphatic carbocycles. The van der Waals surface area contributed by atoms with Crippen LogP contribution >= 0.6 is 0 Å². The van der Waals surface area contributed by atoms with Crippen LogP contribution in [0.25, 0.3) is 61.2 Å². The van der Waals surface area contributed by atoms with E-state index in [2.05, 4.69) is 193 Å². The third kappa shape index (κ3) is 4.48. The van der Waals surface area contributed by atoms with Crippen molar-refractivity contribution in [1.82, 2.24) is 0 Å². The van der Waals surface area contributed by atoms with Crippen LogP contribution in [0.4, 0.5) is 17.1 Å². The fourth-order valence-corrected chi connectivity index (χ4v) is 8.95. The summed E-state index contributed by atoms with van der Waals surface area (Å²) in [6.45, 7) is 0. The Morgan fingerprint density at radius 2 is 1.06 bits per heavy atom. The zero-order valence-electron chi connectivity index (χ0n) is 28.0. The summed E-state index contributed by atoms with van der Waals surface area (Å²) in [7, 11) is 0. The Balaban J connectivity index is 1.03. The van der Waals surface area contributed by atoms with E-state index in [1.807, 2.05) is 0 Å². The molecule has 11 rings (SSSR count). The fourth-order valence-electron chi connectivity index (χ4n) is 8.95. The molecule has 0 amide bonds. The van der Waals surface area contributed by atoms with Gasteiger partial charge in [-0.2, -0.15) is 0 Å². The molecule has 0 saturated carbocycles. The summed E-state index contributed by atoms with van der Waals surface area (Å²) in [5, 5.41) is 7.87. The van der Waals surface area contributed by atoms with Crippen LogP contribution in [0.3, 0.4) is 0 Å². The maximum absolute atomic E-state index is 2.46. The largest absolute Gasteiger partial charge is 0.310 e. The molecule has 0 aliphatic heterocycles. The van der Waals surface area contributed by atoms with Crippen molar-refractivity contribution < 1.29 is 0 Å². The van der Waals surface area contributed by atoms with Crippen LogP contribution in [-0.2, 0) is 0 Å². The standard InChI is InChI=1S/C50H33N/c1-3-9-32(10-4-1)42-25-38-21-23-40-30-46(31-41-24-22-39(26-42)49(38)50(40)41)51(44-14-5-2-6-15-44)45-16-8-13-35(29-45)43-27-36-19-17-33-11-7-12-34-18-20-37(28-43)48(36)47(33)34/h1-31,38,49H. The van der Waals surface area contributed by atoms with E-state index in [-0.39, 0.29) is 0 Å². The topological polar surface area (TPSA) is 3.24 Å². The van der Waals surface area contributed by atoms with Gasteiger partial charge in [-0.05, 0) is 125 Å². The van der Waals surface area contributed by atoms with Crippen molar-refractivity contribution in [2.24, 2.45) is 5.92 Å². The van der Waals surface area contributed by atoms with Gasteiger partial charge in [-0.25, -0.2) is 0 Å². The molecule has 0 heterocycles. The average Bonchev–Trinajstić information content (AvgIpc) is 3.19. The summed E-state index contributed by atoms with van der Waals surface area (Å²) in [4.78, 5) is 2.42. The van der Waals surface area contributed by atoms with E-state index in [1.165, 1.54) is 82.5 Å². The summed E-state index contributed by atoms with van der Waals surface area (Å²) in [5.74, 6) is 0.687. The molecule has 3 aliphatic rings. The predicted molar refractivity (Wildman–Crippen MR) is 217 cm³/mol. The van der Waals surface area contributed by atoms with Crippen molar-refractivity contribution in [3.8, 4) is 11.1 Å². The molecule has 2 unspecified atom stereocenters. The lowest BCUT2D eigenvalue weighted by atomic mass is 9.67. The first kappa shape index (κ1) is 28.4. The van der Waals surface area contributed by atoms with Gasteiger partial charge in [0.2, 0.25) is 0 Å². The third-order valence-electron chi connectivity index (χ3n) is 11.2. The molecule has 8 aromatic rings. The van der Waals surface area contributed by atoms with E-state index < -0.39 is 0 Å². The lowest BCUT2D eigenvalue weighted by Crippen LogP contribution is -2.22. The molecule has 51 heavy (non-hydrogen) atoms. The number of para-hydroxylation sites is 1. The smallest absolute Gasteiger partial charge is 0.0473 e. The SMILES string of the molecule is C1=Cc2cc(N(c3ccccc3)c3cccc(-c4cc5ccc6cccc7ccc(c4)c5c67)c3)cc3c2C2C1=CC(c1ccccc1)=CC2C=C3. The van der Waals surface area contributed by atoms with Crippen LogP contribution < -0.4 is 4.90 Å². The maximum Gasteiger partial charge on any atom is 0.0473 e. The van der Waals surface area contributed by atoms with Gasteiger partial charge >= 0.3 is 0 Å². The fraction of sp³-hybridized carbons (Fsp3) is 0.0400. The van der Waals surface area contributed by atoms with Crippen molar-refractivity contribution in [2.75, 3.05) is 4.90 Å². The number of hydrogen-bond donors (Lipinski definition) is 0. The van der Waals surface area contributed by atoms with Gasteiger partial charge in [-0.15, -0.1) is 0 Å². The van der Waals surface area contributed by atoms with Crippen molar-refractivity contribution in [1.29, 1.82) is 0 Å². The quantitative estimate of drug-likeness (QED) is 0.168. The minimum Gasteiger partial charge on any atom is -0.310 e. The zero-order valence-corrected chi connectivity index (χ0v) is 28.0. The highest BCUT2D eigenvalue weighted by Gasteiger charge is 2.34. The Morgan fingerprint density at radius 1 is 0.431 bits per heavy atom. The zero-order chi connectivity index (χ0) is 33.5. The van der Waals surface area contributed by atoms with Gasteiger partial charge in [0.15, 0.2) is 0 Å². The molecule has 0 fully saturated rings. The molecule has 0 radical (unpaired) electrons. The minimum atomic E-state index is 0.343. The molecule has 0 aromatic heterocycles. The molecule has 2 atom stereocenters. The molecular weight excluding hydrogens is 615 g/mol. The summed E-state index contributed by atoms with van der Waals surface area (Å²) < 4.78 is 0. The first-order valence-corrected chi connectivity index (χ1v) is 17.9. The van der Waals surface area contributed by atoms with Crippen LogP contribution in [0.15, 0.2) is 182 Å². The number of benzene rings is 8. The molecule has 0 bridgehead atoms. The van der Waals surface area contributed by atoms with Crippen molar-refractivity contribution in [3.63, 3.8) is 0 Å². The van der Waals surface area contributed by atoms with Crippen LogP contribution in [0.1, 0.15) is 28.2 Å². The number of rotatable bonds is 5. The van der Waals surface area contributed by atoms with Crippen LogP contribution in [0.5, 0.6) is 0 Å². The maximum atomic E-state index is 2.46. The highest BCUT2D eigenvalue weighted by molar-refractivity contribution is 6.23. The number of anilines is 3. The molecular formula is C50H33N. The summed E-state index contributed by atoms with van der Waals surface area (Å²) >= 11 is 0. The van der Waals surface area contributed by atoms with Crippen LogP contribution in [0.2, 0.25) is 0 Å². The Labute approximate surface area is 297 Å². The molecule has 238 valence electrons. The van der Waals surface area contributed by atoms with E-state index >= 15 is 0 Å². The summed E-state index contributed by atoms with van der Waals surface area (Å²) in [5.41, 5.74) is 13.9. The van der Waals surface area contributed by atoms with Crippen molar-refractivity contribution in [2.45, 2.75) is 5.92 Å². The number of allylic oxidation sites excluding steroid dienone is 6. The minimum absolute atomic E-state index is 0.343. The van der Waals surface area contributed by atoms with Gasteiger partial charge in [0.05, 0.1) is 0 Å². The molecule has 0 saturated heterocycles. The Kier molecular flexibility index (Phi) is 6.15. The summed E-state index contributed by atoms with van der Waals surface area (Å²) in [6.07, 6.45) is 14.3. The lowest BCUT2D eigenvalue weighted by Gasteiger charge is -2.37. The molecule has 1 nitrogen and oxygen atoms in total. The third-order valence-corrected chi connectivity index (χ3v) is 11.2. The van der Waals surface area contributed by atoms with E-state index in [9.17, 15) is 0 Å². The van der Waals surface area contributed by atoms with Gasteiger partial charge in [0.1, 0.15) is 0 Å². The Bertz CT molecular complexity index is 2730. The van der Waals surface area contributed by atoms with Gasteiger partial charge < -0.3 is 4.90 Å². The van der Waals surface area contributed by atoms with Crippen molar-refractivity contribution >= 4 is 67.1 Å². The molecule has 8 aromatic carbocycles. The van der Waals surface area contributed by atoms with E-state index in [0.29, 0.717) is 11.8 Å². The first-order chi connectivity index (χ1) is 25.2. The number of hydrogen-bond acceptors (Lipinski definition) is 1. The van der Waals surface area contributed by atoms with E-state index in [0.717, 1.165) is 11.4 Å². The monoisotopic (exact) mass is 647 g/mol. The second-order valence-electron chi connectivity index (χ2n) is 14.1. The first-order valence-electron chi connectivity index (χ1n) is 17.9. The normalized spacial score (nSPS) is 17.1. The molecule has 0 N–H and O–H groups in total. The van der Waals surface area contributed by atoms with E-state index in [1.54, 1.807) is 0 Å². The van der Waals surface area contributed by atoms with Crippen molar-refractivity contribution in [3.05, 3.63) is 204 Å². The molecule has 0 spiro atoms. The van der Waals surface area contributed by atoms with Crippen LogP contribution in [0, 0.1) is 5.92 Å². The van der Waals surface area contributed by atoms with Gasteiger partial charge in [0.25, 0.3) is 0 Å². The second kappa shape index (κ2) is 11.0. The second-order valence-corrected chi connectivity index (χ2v) is 14.1. The van der Waals surface area contributed by atoms with Gasteiger partial charge in [-0.1, -0.05) is 140 Å². The highest BCUT2D eigenvalue weighted by atomic mass is 15.1. The van der Waals surface area contributed by atoms with Gasteiger partial charge in [0, 0.05) is 28.9 Å². The number of nitrogens with zero attached hydrogens (tertiary/aromatic N) is 1. The van der Waals surface area contributed by atoms with E-state index in [4.69, 9.17) is 0 Å². The molecule has 1 heteroatoms. The van der Waals surface area contributed by atoms with Crippen LogP contribution in [-0.4, -0.2) is 0 Å². The Morgan fingerprint density at radius 3 is 1.82 bits per heavy atom. The predicted octanol–water partition coefficient (Wildman–Crippen LogP) is 13.5. The Hall–Kier alpha value is -6.44. The highest BCUT2D eigenvalue weighted by Crippen LogP contribution is 2.51.